The lowest BCUT2D eigenvalue weighted by Crippen LogP contribution is -2.12. The second-order valence-electron chi connectivity index (χ2n) is 3.43. The van der Waals surface area contributed by atoms with Crippen molar-refractivity contribution < 1.29 is 9.90 Å². The topological polar surface area (TPSA) is 62.2 Å². The van der Waals surface area contributed by atoms with Gasteiger partial charge in [0.25, 0.3) is 0 Å². The van der Waals surface area contributed by atoms with E-state index in [-0.39, 0.29) is 5.69 Å². The van der Waals surface area contributed by atoms with Crippen LogP contribution in [-0.4, -0.2) is 22.1 Å². The molecule has 0 unspecified atom stereocenters. The minimum absolute atomic E-state index is 0.0804. The molecule has 0 radical (unpaired) electrons. The Balaban J connectivity index is 2.95. The van der Waals surface area contributed by atoms with E-state index in [0.29, 0.717) is 11.7 Å². The fourth-order valence-corrected chi connectivity index (χ4v) is 1.14. The van der Waals surface area contributed by atoms with Gasteiger partial charge in [0.2, 0.25) is 0 Å². The maximum absolute atomic E-state index is 10.6. The number of nitrogens with one attached hydrogen (secondary N) is 1. The molecule has 0 aliphatic heterocycles. The first-order chi connectivity index (χ1) is 6.50. The molecular formula is C10H14N2O2. The molecule has 1 aromatic heterocycles. The van der Waals surface area contributed by atoms with Crippen LogP contribution < -0.4 is 5.32 Å². The molecular weight excluding hydrogens is 180 g/mol. The number of nitrogens with zero attached hydrogens (tertiary/aromatic N) is 1. The van der Waals surface area contributed by atoms with E-state index in [4.69, 9.17) is 5.11 Å². The van der Waals surface area contributed by atoms with Gasteiger partial charge in [-0.1, -0.05) is 0 Å². The molecule has 0 atom stereocenters. The third-order valence-electron chi connectivity index (χ3n) is 1.75. The highest BCUT2D eigenvalue weighted by molar-refractivity contribution is 5.85. The maximum Gasteiger partial charge on any atom is 0.354 e. The third kappa shape index (κ3) is 2.45. The number of anilines is 1. The Morgan fingerprint density at radius 3 is 2.57 bits per heavy atom. The zero-order valence-corrected chi connectivity index (χ0v) is 8.53. The van der Waals surface area contributed by atoms with Gasteiger partial charge in [0.05, 0.1) is 11.4 Å². The Kier molecular flexibility index (Phi) is 3.06. The van der Waals surface area contributed by atoms with Gasteiger partial charge in [-0.3, -0.25) is 0 Å². The van der Waals surface area contributed by atoms with E-state index in [9.17, 15) is 4.79 Å². The van der Waals surface area contributed by atoms with Gasteiger partial charge in [-0.2, -0.15) is 0 Å². The van der Waals surface area contributed by atoms with Crippen LogP contribution in [0.5, 0.6) is 0 Å². The van der Waals surface area contributed by atoms with E-state index in [0.717, 1.165) is 5.69 Å². The van der Waals surface area contributed by atoms with Crippen molar-refractivity contribution in [3.05, 3.63) is 23.5 Å². The molecule has 0 bridgehead atoms. The van der Waals surface area contributed by atoms with Crippen molar-refractivity contribution in [2.75, 3.05) is 5.32 Å². The summed E-state index contributed by atoms with van der Waals surface area (Å²) in [6, 6.07) is 3.55. The van der Waals surface area contributed by atoms with Crippen molar-refractivity contribution in [1.82, 2.24) is 4.98 Å². The molecule has 0 aromatic carbocycles. The Hall–Kier alpha value is -1.58. The molecule has 14 heavy (non-hydrogen) atoms. The van der Waals surface area contributed by atoms with Gasteiger partial charge in [0.15, 0.2) is 0 Å². The second kappa shape index (κ2) is 4.09. The molecule has 1 aromatic rings. The van der Waals surface area contributed by atoms with Crippen molar-refractivity contribution >= 4 is 11.7 Å². The molecule has 1 heterocycles. The minimum Gasteiger partial charge on any atom is -0.477 e. The number of rotatable bonds is 3. The van der Waals surface area contributed by atoms with Gasteiger partial charge in [-0.05, 0) is 32.9 Å². The van der Waals surface area contributed by atoms with Crippen LogP contribution >= 0.6 is 0 Å². The summed E-state index contributed by atoms with van der Waals surface area (Å²) < 4.78 is 0. The number of aromatic nitrogens is 1. The third-order valence-corrected chi connectivity index (χ3v) is 1.75. The molecule has 1 rings (SSSR count). The molecule has 0 saturated carbocycles. The van der Waals surface area contributed by atoms with E-state index >= 15 is 0 Å². The van der Waals surface area contributed by atoms with Gasteiger partial charge in [-0.15, -0.1) is 0 Å². The Morgan fingerprint density at radius 2 is 2.14 bits per heavy atom. The zero-order chi connectivity index (χ0) is 10.7. The first kappa shape index (κ1) is 10.5. The minimum atomic E-state index is -0.996. The lowest BCUT2D eigenvalue weighted by molar-refractivity contribution is 0.0690. The highest BCUT2D eigenvalue weighted by Crippen LogP contribution is 2.13. The highest BCUT2D eigenvalue weighted by atomic mass is 16.4. The van der Waals surface area contributed by atoms with E-state index in [1.165, 1.54) is 6.07 Å². The molecule has 0 aliphatic carbocycles. The summed E-state index contributed by atoms with van der Waals surface area (Å²) in [5.41, 5.74) is 1.67. The van der Waals surface area contributed by atoms with Gasteiger partial charge in [-0.25, -0.2) is 9.78 Å². The maximum atomic E-state index is 10.6. The number of carboxylic acids is 1. The van der Waals surface area contributed by atoms with Crippen molar-refractivity contribution in [3.8, 4) is 0 Å². The largest absolute Gasteiger partial charge is 0.477 e. The van der Waals surface area contributed by atoms with E-state index < -0.39 is 5.97 Å². The molecule has 0 fully saturated rings. The number of aromatic carboxylic acids is 1. The molecule has 0 saturated heterocycles. The number of hydrogen-bond donors (Lipinski definition) is 2. The number of carboxylic acid groups (broad SMARTS) is 1. The predicted molar refractivity (Wildman–Crippen MR) is 54.7 cm³/mol. The van der Waals surface area contributed by atoms with Crippen LogP contribution in [-0.2, 0) is 0 Å². The quantitative estimate of drug-likeness (QED) is 0.771. The zero-order valence-electron chi connectivity index (χ0n) is 8.53. The summed E-state index contributed by atoms with van der Waals surface area (Å²) in [5.74, 6) is -0.996. The fraction of sp³-hybridized carbons (Fsp3) is 0.400. The number of carbonyl (C=O) groups is 1. The fourth-order valence-electron chi connectivity index (χ4n) is 1.14. The van der Waals surface area contributed by atoms with E-state index in [2.05, 4.69) is 10.3 Å². The molecule has 4 nitrogen and oxygen atoms in total. The van der Waals surface area contributed by atoms with Crippen LogP contribution in [0.1, 0.15) is 30.0 Å². The smallest absolute Gasteiger partial charge is 0.354 e. The SMILES string of the molecule is Cc1nc(C(=O)O)ccc1NC(C)C. The second-order valence-corrected chi connectivity index (χ2v) is 3.43. The first-order valence-electron chi connectivity index (χ1n) is 4.48. The Morgan fingerprint density at radius 1 is 1.50 bits per heavy atom. The summed E-state index contributed by atoms with van der Waals surface area (Å²) in [7, 11) is 0. The van der Waals surface area contributed by atoms with Gasteiger partial charge >= 0.3 is 5.97 Å². The monoisotopic (exact) mass is 194 g/mol. The van der Waals surface area contributed by atoms with Crippen molar-refractivity contribution in [1.29, 1.82) is 0 Å². The van der Waals surface area contributed by atoms with Crippen molar-refractivity contribution in [3.63, 3.8) is 0 Å². The molecule has 76 valence electrons. The van der Waals surface area contributed by atoms with E-state index in [1.807, 2.05) is 13.8 Å². The normalized spacial score (nSPS) is 10.3. The van der Waals surface area contributed by atoms with E-state index in [1.54, 1.807) is 13.0 Å². The number of hydrogen-bond acceptors (Lipinski definition) is 3. The Labute approximate surface area is 83.0 Å². The standard InChI is InChI=1S/C10H14N2O2/c1-6(2)11-8-4-5-9(10(13)14)12-7(8)3/h4-6,11H,1-3H3,(H,13,14). The number of aryl methyl sites for hydroxylation is 1. The summed E-state index contributed by atoms with van der Waals surface area (Å²) in [5, 5.41) is 11.9. The molecule has 2 N–H and O–H groups in total. The molecule has 4 heteroatoms. The van der Waals surface area contributed by atoms with Crippen LogP contribution in [0.4, 0.5) is 5.69 Å². The Bertz CT molecular complexity index is 348. The van der Waals surface area contributed by atoms with Crippen LogP contribution in [0, 0.1) is 6.92 Å². The van der Waals surface area contributed by atoms with Gasteiger partial charge < -0.3 is 10.4 Å². The lowest BCUT2D eigenvalue weighted by atomic mass is 10.2. The van der Waals surface area contributed by atoms with Crippen molar-refractivity contribution in [2.24, 2.45) is 0 Å². The average Bonchev–Trinajstić information content (AvgIpc) is 2.07. The highest BCUT2D eigenvalue weighted by Gasteiger charge is 2.07. The van der Waals surface area contributed by atoms with Crippen LogP contribution in [0.2, 0.25) is 0 Å². The predicted octanol–water partition coefficient (Wildman–Crippen LogP) is 1.91. The molecule has 0 aliphatic rings. The van der Waals surface area contributed by atoms with Gasteiger partial charge in [0, 0.05) is 6.04 Å². The first-order valence-corrected chi connectivity index (χ1v) is 4.48. The van der Waals surface area contributed by atoms with Crippen molar-refractivity contribution in [2.45, 2.75) is 26.8 Å². The number of pyridine rings is 1. The van der Waals surface area contributed by atoms with Gasteiger partial charge in [0.1, 0.15) is 5.69 Å². The van der Waals surface area contributed by atoms with Crippen LogP contribution in [0.25, 0.3) is 0 Å². The average molecular weight is 194 g/mol. The summed E-state index contributed by atoms with van der Waals surface area (Å²) in [6.07, 6.45) is 0. The van der Waals surface area contributed by atoms with Crippen LogP contribution in [0.15, 0.2) is 12.1 Å². The molecule has 0 amide bonds. The molecule has 0 spiro atoms. The summed E-state index contributed by atoms with van der Waals surface area (Å²) in [4.78, 5) is 14.6. The summed E-state index contributed by atoms with van der Waals surface area (Å²) in [6.45, 7) is 5.83. The van der Waals surface area contributed by atoms with Crippen LogP contribution in [0.3, 0.4) is 0 Å². The summed E-state index contributed by atoms with van der Waals surface area (Å²) >= 11 is 0. The lowest BCUT2D eigenvalue weighted by Gasteiger charge is -2.12.